The van der Waals surface area contributed by atoms with Gasteiger partial charge in [0.25, 0.3) is 0 Å². The van der Waals surface area contributed by atoms with Crippen molar-refractivity contribution in [2.75, 3.05) is 0 Å². The van der Waals surface area contributed by atoms with Crippen LogP contribution in [0.15, 0.2) is 6.33 Å². The van der Waals surface area contributed by atoms with Crippen molar-refractivity contribution >= 4 is 10.0 Å². The molecule has 0 saturated heterocycles. The molecule has 2 N–H and O–H groups in total. The first-order valence-electron chi connectivity index (χ1n) is 4.46. The number of nitrogens with one attached hydrogen (secondary N) is 2. The minimum Gasteiger partial charge on any atom is -0.262 e. The Balaban J connectivity index is 2.04. The van der Waals surface area contributed by atoms with Gasteiger partial charge in [-0.15, -0.1) is 0 Å². The Morgan fingerprint density at radius 2 is 2.36 bits per heavy atom. The summed E-state index contributed by atoms with van der Waals surface area (Å²) in [6, 6.07) is -0.344. The molecule has 6 nitrogen and oxygen atoms in total. The molecule has 1 aromatic heterocycles. The smallest absolute Gasteiger partial charge is 0.215 e. The van der Waals surface area contributed by atoms with Crippen LogP contribution in [0.2, 0.25) is 0 Å². The molecular formula is C7H12N4O2S. The lowest BCUT2D eigenvalue weighted by molar-refractivity contribution is 0.559. The van der Waals surface area contributed by atoms with E-state index in [0.29, 0.717) is 5.82 Å². The van der Waals surface area contributed by atoms with E-state index < -0.39 is 10.0 Å². The number of hydrogen-bond acceptors (Lipinski definition) is 4. The van der Waals surface area contributed by atoms with Crippen LogP contribution < -0.4 is 4.72 Å². The molecular weight excluding hydrogens is 204 g/mol. The first-order valence-corrected chi connectivity index (χ1v) is 6.00. The second kappa shape index (κ2) is 3.32. The summed E-state index contributed by atoms with van der Waals surface area (Å²) >= 11 is 0. The van der Waals surface area contributed by atoms with Crippen LogP contribution in [0.1, 0.15) is 31.6 Å². The van der Waals surface area contributed by atoms with Gasteiger partial charge in [0.2, 0.25) is 10.0 Å². The molecule has 2 rings (SSSR count). The lowest BCUT2D eigenvalue weighted by atomic mass is 10.3. The molecule has 0 aliphatic heterocycles. The highest BCUT2D eigenvalue weighted by Crippen LogP contribution is 2.28. The molecule has 1 heterocycles. The van der Waals surface area contributed by atoms with Crippen molar-refractivity contribution in [2.45, 2.75) is 31.1 Å². The number of hydrogen-bond donors (Lipinski definition) is 2. The topological polar surface area (TPSA) is 87.7 Å². The van der Waals surface area contributed by atoms with Crippen LogP contribution in [-0.4, -0.2) is 28.8 Å². The molecule has 1 aliphatic rings. The Bertz CT molecular complexity index is 395. The Hall–Kier alpha value is -0.950. The fourth-order valence-electron chi connectivity index (χ4n) is 1.20. The fraction of sp³-hybridized carbons (Fsp3) is 0.714. The van der Waals surface area contributed by atoms with E-state index in [0.717, 1.165) is 12.8 Å². The normalized spacial score (nSPS) is 19.5. The number of rotatable bonds is 4. The molecule has 0 bridgehead atoms. The summed E-state index contributed by atoms with van der Waals surface area (Å²) in [6.07, 6.45) is 2.88. The average molecular weight is 216 g/mol. The monoisotopic (exact) mass is 216 g/mol. The van der Waals surface area contributed by atoms with Gasteiger partial charge in [-0.25, -0.2) is 18.1 Å². The molecule has 0 aromatic carbocycles. The summed E-state index contributed by atoms with van der Waals surface area (Å²) in [6.45, 7) is 1.74. The average Bonchev–Trinajstić information content (AvgIpc) is 2.82. The van der Waals surface area contributed by atoms with Crippen molar-refractivity contribution < 1.29 is 8.42 Å². The zero-order valence-electron chi connectivity index (χ0n) is 7.77. The third-order valence-corrected chi connectivity index (χ3v) is 4.18. The molecule has 14 heavy (non-hydrogen) atoms. The van der Waals surface area contributed by atoms with Gasteiger partial charge in [0, 0.05) is 0 Å². The van der Waals surface area contributed by atoms with Crippen LogP contribution in [0.3, 0.4) is 0 Å². The zero-order chi connectivity index (χ0) is 10.2. The second-order valence-electron chi connectivity index (χ2n) is 3.45. The standard InChI is InChI=1S/C7H12N4O2S/c1-5(7-8-4-9-10-7)11-14(12,13)6-2-3-6/h4-6,11H,2-3H2,1H3,(H,8,9,10). The van der Waals surface area contributed by atoms with E-state index in [1.165, 1.54) is 6.33 Å². The molecule has 1 unspecified atom stereocenters. The maximum atomic E-state index is 11.5. The molecule has 1 aromatic rings. The lowest BCUT2D eigenvalue weighted by Gasteiger charge is -2.10. The number of nitrogens with zero attached hydrogens (tertiary/aromatic N) is 2. The van der Waals surface area contributed by atoms with Gasteiger partial charge in [-0.05, 0) is 19.8 Å². The Morgan fingerprint density at radius 1 is 1.64 bits per heavy atom. The third kappa shape index (κ3) is 1.93. The van der Waals surface area contributed by atoms with Crippen LogP contribution >= 0.6 is 0 Å². The SMILES string of the molecule is CC(NS(=O)(=O)C1CC1)c1ncn[nH]1. The van der Waals surface area contributed by atoms with E-state index in [1.54, 1.807) is 6.92 Å². The fourth-order valence-corrected chi connectivity index (χ4v) is 2.75. The van der Waals surface area contributed by atoms with E-state index in [2.05, 4.69) is 19.9 Å². The summed E-state index contributed by atoms with van der Waals surface area (Å²) in [5.74, 6) is 0.536. The van der Waals surface area contributed by atoms with Gasteiger partial charge >= 0.3 is 0 Å². The van der Waals surface area contributed by atoms with Crippen LogP contribution in [0.25, 0.3) is 0 Å². The maximum absolute atomic E-state index is 11.5. The summed E-state index contributed by atoms with van der Waals surface area (Å²) in [5, 5.41) is 6.09. The summed E-state index contributed by atoms with van der Waals surface area (Å²) < 4.78 is 25.6. The number of H-pyrrole nitrogens is 1. The first kappa shape index (κ1) is 9.60. The highest BCUT2D eigenvalue weighted by atomic mass is 32.2. The van der Waals surface area contributed by atoms with E-state index in [4.69, 9.17) is 0 Å². The van der Waals surface area contributed by atoms with Crippen LogP contribution in [0.5, 0.6) is 0 Å². The summed E-state index contributed by atoms with van der Waals surface area (Å²) in [4.78, 5) is 3.89. The van der Waals surface area contributed by atoms with Crippen molar-refractivity contribution in [2.24, 2.45) is 0 Å². The van der Waals surface area contributed by atoms with Crippen molar-refractivity contribution in [1.29, 1.82) is 0 Å². The van der Waals surface area contributed by atoms with Crippen molar-refractivity contribution in [3.05, 3.63) is 12.2 Å². The molecule has 1 aliphatic carbocycles. The Morgan fingerprint density at radius 3 is 2.86 bits per heavy atom. The zero-order valence-corrected chi connectivity index (χ0v) is 8.58. The van der Waals surface area contributed by atoms with Gasteiger partial charge in [0.05, 0.1) is 11.3 Å². The van der Waals surface area contributed by atoms with E-state index in [9.17, 15) is 8.42 Å². The van der Waals surface area contributed by atoms with Crippen molar-refractivity contribution in [1.82, 2.24) is 19.9 Å². The number of sulfonamides is 1. The van der Waals surface area contributed by atoms with Crippen molar-refractivity contribution in [3.63, 3.8) is 0 Å². The predicted octanol–water partition coefficient (Wildman–Crippen LogP) is -0.0525. The largest absolute Gasteiger partial charge is 0.262 e. The van der Waals surface area contributed by atoms with Gasteiger partial charge in [-0.2, -0.15) is 5.10 Å². The van der Waals surface area contributed by atoms with E-state index in [1.807, 2.05) is 0 Å². The molecule has 0 spiro atoms. The first-order chi connectivity index (χ1) is 6.59. The van der Waals surface area contributed by atoms with Crippen molar-refractivity contribution in [3.8, 4) is 0 Å². The minimum atomic E-state index is -3.15. The van der Waals surface area contributed by atoms with E-state index >= 15 is 0 Å². The molecule has 0 radical (unpaired) electrons. The molecule has 78 valence electrons. The molecule has 7 heteroatoms. The minimum absolute atomic E-state index is 0.201. The highest BCUT2D eigenvalue weighted by Gasteiger charge is 2.36. The quantitative estimate of drug-likeness (QED) is 0.738. The molecule has 1 fully saturated rings. The third-order valence-electron chi connectivity index (χ3n) is 2.15. The highest BCUT2D eigenvalue weighted by molar-refractivity contribution is 7.90. The number of aromatic amines is 1. The summed E-state index contributed by atoms with van der Waals surface area (Å²) in [7, 11) is -3.15. The second-order valence-corrected chi connectivity index (χ2v) is 5.45. The Kier molecular flexibility index (Phi) is 2.28. The summed E-state index contributed by atoms with van der Waals surface area (Å²) in [5.41, 5.74) is 0. The van der Waals surface area contributed by atoms with E-state index in [-0.39, 0.29) is 11.3 Å². The van der Waals surface area contributed by atoms with Crippen LogP contribution in [0.4, 0.5) is 0 Å². The van der Waals surface area contributed by atoms with Gasteiger partial charge in [0.1, 0.15) is 12.2 Å². The number of aromatic nitrogens is 3. The molecule has 1 atom stereocenters. The molecule has 0 amide bonds. The van der Waals surface area contributed by atoms with Crippen LogP contribution in [-0.2, 0) is 10.0 Å². The predicted molar refractivity (Wildman–Crippen MR) is 49.9 cm³/mol. The Labute approximate surface area is 82.2 Å². The van der Waals surface area contributed by atoms with Gasteiger partial charge in [0.15, 0.2) is 0 Å². The van der Waals surface area contributed by atoms with Gasteiger partial charge in [-0.3, -0.25) is 5.10 Å². The van der Waals surface area contributed by atoms with Crippen LogP contribution in [0, 0.1) is 0 Å². The maximum Gasteiger partial charge on any atom is 0.215 e. The van der Waals surface area contributed by atoms with Gasteiger partial charge in [-0.1, -0.05) is 0 Å². The lowest BCUT2D eigenvalue weighted by Crippen LogP contribution is -2.30. The van der Waals surface area contributed by atoms with Gasteiger partial charge < -0.3 is 0 Å². The molecule has 1 saturated carbocycles.